The minimum atomic E-state index is 0.889. The Balaban J connectivity index is 1.76. The van der Waals surface area contributed by atoms with Gasteiger partial charge in [0, 0.05) is 39.3 Å². The largest absolute Gasteiger partial charge is 0.366 e. The zero-order valence-electron chi connectivity index (χ0n) is 8.83. The third kappa shape index (κ3) is 2.01. The van der Waals surface area contributed by atoms with Gasteiger partial charge < -0.3 is 10.2 Å². The minimum absolute atomic E-state index is 0.889. The van der Waals surface area contributed by atoms with E-state index < -0.39 is 0 Å². The van der Waals surface area contributed by atoms with Crippen LogP contribution in [0.2, 0.25) is 0 Å². The molecule has 1 saturated carbocycles. The molecule has 1 aliphatic carbocycles. The standard InChI is InChI=1S/C10H19N3S/c1-11-10(14)13-7-5-12(6-8-13)9-3-2-4-9/h9H,2-8H2,1H3,(H,11,14). The van der Waals surface area contributed by atoms with Crippen molar-refractivity contribution in [1.82, 2.24) is 15.1 Å². The van der Waals surface area contributed by atoms with Gasteiger partial charge in [-0.2, -0.15) is 0 Å². The minimum Gasteiger partial charge on any atom is -0.366 e. The van der Waals surface area contributed by atoms with Crippen LogP contribution in [0.4, 0.5) is 0 Å². The van der Waals surface area contributed by atoms with Crippen molar-refractivity contribution in [2.24, 2.45) is 0 Å². The molecule has 0 atom stereocenters. The maximum Gasteiger partial charge on any atom is 0.168 e. The molecular formula is C10H19N3S. The van der Waals surface area contributed by atoms with Crippen molar-refractivity contribution in [2.45, 2.75) is 25.3 Å². The molecule has 1 N–H and O–H groups in total. The molecule has 0 aromatic rings. The van der Waals surface area contributed by atoms with Crippen LogP contribution < -0.4 is 5.32 Å². The second kappa shape index (κ2) is 4.45. The van der Waals surface area contributed by atoms with E-state index in [2.05, 4.69) is 15.1 Å². The molecular weight excluding hydrogens is 194 g/mol. The van der Waals surface area contributed by atoms with E-state index in [9.17, 15) is 0 Å². The predicted octanol–water partition coefficient (Wildman–Crippen LogP) is 0.661. The molecule has 14 heavy (non-hydrogen) atoms. The Morgan fingerprint density at radius 1 is 1.21 bits per heavy atom. The molecule has 1 saturated heterocycles. The zero-order valence-corrected chi connectivity index (χ0v) is 9.65. The fraction of sp³-hybridized carbons (Fsp3) is 0.900. The fourth-order valence-electron chi connectivity index (χ4n) is 2.20. The molecule has 2 rings (SSSR count). The third-order valence-corrected chi connectivity index (χ3v) is 3.87. The van der Waals surface area contributed by atoms with Gasteiger partial charge in [0.05, 0.1) is 0 Å². The van der Waals surface area contributed by atoms with Crippen molar-refractivity contribution < 1.29 is 0 Å². The second-order valence-corrected chi connectivity index (χ2v) is 4.55. The van der Waals surface area contributed by atoms with E-state index in [-0.39, 0.29) is 0 Å². The molecule has 0 aromatic heterocycles. The summed E-state index contributed by atoms with van der Waals surface area (Å²) >= 11 is 5.22. The number of rotatable bonds is 1. The monoisotopic (exact) mass is 213 g/mol. The van der Waals surface area contributed by atoms with Gasteiger partial charge in [-0.1, -0.05) is 6.42 Å². The molecule has 0 radical (unpaired) electrons. The Morgan fingerprint density at radius 3 is 2.29 bits per heavy atom. The summed E-state index contributed by atoms with van der Waals surface area (Å²) in [6.07, 6.45) is 4.26. The molecule has 80 valence electrons. The van der Waals surface area contributed by atoms with Crippen LogP contribution in [0.3, 0.4) is 0 Å². The summed E-state index contributed by atoms with van der Waals surface area (Å²) in [7, 11) is 1.90. The van der Waals surface area contributed by atoms with Gasteiger partial charge in [-0.3, -0.25) is 4.90 Å². The van der Waals surface area contributed by atoms with Crippen LogP contribution in [0.1, 0.15) is 19.3 Å². The molecule has 0 unspecified atom stereocenters. The molecule has 2 aliphatic rings. The summed E-state index contributed by atoms with van der Waals surface area (Å²) in [6.45, 7) is 4.56. The van der Waals surface area contributed by atoms with Crippen LogP contribution in [0, 0.1) is 0 Å². The average molecular weight is 213 g/mol. The van der Waals surface area contributed by atoms with Crippen molar-refractivity contribution in [2.75, 3.05) is 33.2 Å². The lowest BCUT2D eigenvalue weighted by atomic mass is 9.91. The van der Waals surface area contributed by atoms with Crippen LogP contribution in [-0.2, 0) is 0 Å². The van der Waals surface area contributed by atoms with Crippen LogP contribution in [0.5, 0.6) is 0 Å². The first-order chi connectivity index (χ1) is 6.81. The fourth-order valence-corrected chi connectivity index (χ4v) is 2.38. The van der Waals surface area contributed by atoms with E-state index in [1.165, 1.54) is 32.4 Å². The maximum atomic E-state index is 5.22. The highest BCUT2D eigenvalue weighted by Gasteiger charge is 2.28. The second-order valence-electron chi connectivity index (χ2n) is 4.16. The highest BCUT2D eigenvalue weighted by atomic mass is 32.1. The summed E-state index contributed by atoms with van der Waals surface area (Å²) in [5.74, 6) is 0. The molecule has 3 nitrogen and oxygen atoms in total. The SMILES string of the molecule is CNC(=S)N1CCN(C2CCC2)CC1. The van der Waals surface area contributed by atoms with Gasteiger partial charge in [0.1, 0.15) is 0 Å². The van der Waals surface area contributed by atoms with Gasteiger partial charge in [-0.15, -0.1) is 0 Å². The maximum absolute atomic E-state index is 5.22. The van der Waals surface area contributed by atoms with E-state index in [1.54, 1.807) is 0 Å². The third-order valence-electron chi connectivity index (χ3n) is 3.41. The van der Waals surface area contributed by atoms with Gasteiger partial charge in [-0.25, -0.2) is 0 Å². The number of thiocarbonyl (C=S) groups is 1. The molecule has 0 amide bonds. The topological polar surface area (TPSA) is 18.5 Å². The predicted molar refractivity (Wildman–Crippen MR) is 62.4 cm³/mol. The number of hydrogen-bond acceptors (Lipinski definition) is 2. The number of nitrogens with zero attached hydrogens (tertiary/aromatic N) is 2. The Hall–Kier alpha value is -0.350. The zero-order chi connectivity index (χ0) is 9.97. The van der Waals surface area contributed by atoms with Gasteiger partial charge >= 0.3 is 0 Å². The average Bonchev–Trinajstić information content (AvgIpc) is 2.15. The summed E-state index contributed by atoms with van der Waals surface area (Å²) in [4.78, 5) is 4.89. The molecule has 1 aliphatic heterocycles. The van der Waals surface area contributed by atoms with Gasteiger partial charge in [0.25, 0.3) is 0 Å². The van der Waals surface area contributed by atoms with E-state index in [0.29, 0.717) is 0 Å². The summed E-state index contributed by atoms with van der Waals surface area (Å²) in [5.41, 5.74) is 0. The van der Waals surface area contributed by atoms with Crippen molar-refractivity contribution in [1.29, 1.82) is 0 Å². The number of piperazine rings is 1. The Bertz CT molecular complexity index is 207. The van der Waals surface area contributed by atoms with E-state index in [1.807, 2.05) is 7.05 Å². The van der Waals surface area contributed by atoms with Crippen molar-refractivity contribution in [3.05, 3.63) is 0 Å². The number of hydrogen-bond donors (Lipinski definition) is 1. The summed E-state index contributed by atoms with van der Waals surface area (Å²) in [5, 5.41) is 3.95. The van der Waals surface area contributed by atoms with Crippen LogP contribution in [0.15, 0.2) is 0 Å². The number of nitrogens with one attached hydrogen (secondary N) is 1. The van der Waals surface area contributed by atoms with Gasteiger partial charge in [-0.05, 0) is 25.1 Å². The molecule has 1 heterocycles. The van der Waals surface area contributed by atoms with Crippen molar-refractivity contribution >= 4 is 17.3 Å². The quantitative estimate of drug-likeness (QED) is 0.645. The Morgan fingerprint density at radius 2 is 1.86 bits per heavy atom. The van der Waals surface area contributed by atoms with Crippen LogP contribution in [0.25, 0.3) is 0 Å². The van der Waals surface area contributed by atoms with Crippen molar-refractivity contribution in [3.63, 3.8) is 0 Å². The highest BCUT2D eigenvalue weighted by molar-refractivity contribution is 7.80. The van der Waals surface area contributed by atoms with E-state index >= 15 is 0 Å². The first-order valence-electron chi connectivity index (χ1n) is 5.52. The Labute approximate surface area is 91.4 Å². The van der Waals surface area contributed by atoms with Crippen LogP contribution in [-0.4, -0.2) is 54.2 Å². The van der Waals surface area contributed by atoms with E-state index in [0.717, 1.165) is 24.2 Å². The van der Waals surface area contributed by atoms with Gasteiger partial charge in [0.15, 0.2) is 5.11 Å². The normalized spacial score (nSPS) is 24.5. The summed E-state index contributed by atoms with van der Waals surface area (Å²) in [6, 6.07) is 0.889. The lowest BCUT2D eigenvalue weighted by molar-refractivity contribution is 0.0853. The van der Waals surface area contributed by atoms with Crippen molar-refractivity contribution in [3.8, 4) is 0 Å². The smallest absolute Gasteiger partial charge is 0.168 e. The van der Waals surface area contributed by atoms with Crippen LogP contribution >= 0.6 is 12.2 Å². The molecule has 4 heteroatoms. The highest BCUT2D eigenvalue weighted by Crippen LogP contribution is 2.25. The van der Waals surface area contributed by atoms with E-state index in [4.69, 9.17) is 12.2 Å². The Kier molecular flexibility index (Phi) is 3.23. The van der Waals surface area contributed by atoms with Gasteiger partial charge in [0.2, 0.25) is 0 Å². The lowest BCUT2D eigenvalue weighted by Gasteiger charge is -2.43. The lowest BCUT2D eigenvalue weighted by Crippen LogP contribution is -2.54. The summed E-state index contributed by atoms with van der Waals surface area (Å²) < 4.78 is 0. The first kappa shape index (κ1) is 10.2. The molecule has 0 spiro atoms. The molecule has 2 fully saturated rings. The molecule has 0 bridgehead atoms. The first-order valence-corrected chi connectivity index (χ1v) is 5.93. The molecule has 0 aromatic carbocycles.